The second kappa shape index (κ2) is 5.99. The van der Waals surface area contributed by atoms with Crippen molar-refractivity contribution in [2.24, 2.45) is 5.92 Å². The van der Waals surface area contributed by atoms with Crippen molar-refractivity contribution in [3.63, 3.8) is 0 Å². The van der Waals surface area contributed by atoms with E-state index in [0.717, 1.165) is 28.6 Å². The molecule has 1 saturated carbocycles. The predicted molar refractivity (Wildman–Crippen MR) is 79.3 cm³/mol. The SMILES string of the molecule is Cc1n[nH]c(C)c1[C@@H](C)N(C)C(=O)CSCC1CC1. The Hall–Kier alpha value is -0.970. The van der Waals surface area contributed by atoms with Gasteiger partial charge < -0.3 is 4.90 Å². The fourth-order valence-corrected chi connectivity index (χ4v) is 3.45. The second-order valence-corrected chi connectivity index (χ2v) is 6.52. The highest BCUT2D eigenvalue weighted by Crippen LogP contribution is 2.32. The van der Waals surface area contributed by atoms with E-state index in [1.54, 1.807) is 11.8 Å². The third-order valence-electron chi connectivity index (χ3n) is 3.85. The Bertz CT molecular complexity index is 434. The smallest absolute Gasteiger partial charge is 0.232 e. The Morgan fingerprint density at radius 2 is 2.21 bits per heavy atom. The molecular formula is C14H23N3OS. The lowest BCUT2D eigenvalue weighted by Gasteiger charge is -2.25. The largest absolute Gasteiger partial charge is 0.338 e. The molecule has 1 N–H and O–H groups in total. The molecule has 0 aliphatic heterocycles. The van der Waals surface area contributed by atoms with Crippen LogP contribution >= 0.6 is 11.8 Å². The number of aromatic nitrogens is 2. The van der Waals surface area contributed by atoms with Gasteiger partial charge in [-0.05, 0) is 45.3 Å². The quantitative estimate of drug-likeness (QED) is 0.872. The van der Waals surface area contributed by atoms with Gasteiger partial charge in [-0.25, -0.2) is 0 Å². The van der Waals surface area contributed by atoms with Crippen LogP contribution in [0.2, 0.25) is 0 Å². The van der Waals surface area contributed by atoms with Gasteiger partial charge in [0.25, 0.3) is 0 Å². The van der Waals surface area contributed by atoms with Crippen molar-refractivity contribution in [2.45, 2.75) is 39.7 Å². The Kier molecular flexibility index (Phi) is 4.55. The molecule has 0 unspecified atom stereocenters. The minimum Gasteiger partial charge on any atom is -0.338 e. The minimum absolute atomic E-state index is 0.0766. The van der Waals surface area contributed by atoms with Crippen LogP contribution in [0.25, 0.3) is 0 Å². The van der Waals surface area contributed by atoms with Crippen molar-refractivity contribution in [3.05, 3.63) is 17.0 Å². The van der Waals surface area contributed by atoms with Gasteiger partial charge in [0, 0.05) is 18.3 Å². The number of aromatic amines is 1. The van der Waals surface area contributed by atoms with E-state index < -0.39 is 0 Å². The van der Waals surface area contributed by atoms with Crippen LogP contribution in [0, 0.1) is 19.8 Å². The summed E-state index contributed by atoms with van der Waals surface area (Å²) in [6, 6.07) is 0.0766. The molecular weight excluding hydrogens is 258 g/mol. The number of nitrogens with one attached hydrogen (secondary N) is 1. The number of carbonyl (C=O) groups excluding carboxylic acids is 1. The first-order valence-corrected chi connectivity index (χ1v) is 8.01. The van der Waals surface area contributed by atoms with Crippen molar-refractivity contribution in [2.75, 3.05) is 18.6 Å². The number of hydrogen-bond donors (Lipinski definition) is 1. The van der Waals surface area contributed by atoms with Gasteiger partial charge in [0.2, 0.25) is 5.91 Å². The van der Waals surface area contributed by atoms with Gasteiger partial charge in [-0.1, -0.05) is 0 Å². The van der Waals surface area contributed by atoms with Gasteiger partial charge in [-0.15, -0.1) is 0 Å². The highest BCUT2D eigenvalue weighted by molar-refractivity contribution is 7.99. The molecule has 1 aliphatic carbocycles. The Labute approximate surface area is 119 Å². The van der Waals surface area contributed by atoms with Crippen LogP contribution < -0.4 is 0 Å². The highest BCUT2D eigenvalue weighted by atomic mass is 32.2. The minimum atomic E-state index is 0.0766. The Morgan fingerprint density at radius 3 is 2.74 bits per heavy atom. The summed E-state index contributed by atoms with van der Waals surface area (Å²) in [6.07, 6.45) is 2.70. The summed E-state index contributed by atoms with van der Waals surface area (Å²) in [7, 11) is 1.89. The number of rotatable bonds is 6. The molecule has 4 nitrogen and oxygen atoms in total. The topological polar surface area (TPSA) is 49.0 Å². The van der Waals surface area contributed by atoms with E-state index >= 15 is 0 Å². The summed E-state index contributed by atoms with van der Waals surface area (Å²) in [5.41, 5.74) is 3.17. The molecule has 106 valence electrons. The summed E-state index contributed by atoms with van der Waals surface area (Å²) < 4.78 is 0. The second-order valence-electron chi connectivity index (χ2n) is 5.49. The maximum atomic E-state index is 12.2. The number of amides is 1. The molecule has 1 heterocycles. The summed E-state index contributed by atoms with van der Waals surface area (Å²) >= 11 is 1.77. The van der Waals surface area contributed by atoms with Gasteiger partial charge in [0.05, 0.1) is 17.5 Å². The average molecular weight is 281 g/mol. The summed E-state index contributed by atoms with van der Waals surface area (Å²) in [6.45, 7) is 6.05. The molecule has 1 aliphatic rings. The van der Waals surface area contributed by atoms with E-state index in [-0.39, 0.29) is 11.9 Å². The molecule has 5 heteroatoms. The number of aryl methyl sites for hydroxylation is 2. The summed E-state index contributed by atoms with van der Waals surface area (Å²) in [5.74, 6) is 2.81. The lowest BCUT2D eigenvalue weighted by Crippen LogP contribution is -2.31. The molecule has 1 amide bonds. The number of hydrogen-bond acceptors (Lipinski definition) is 3. The molecule has 1 atom stereocenters. The third-order valence-corrected chi connectivity index (χ3v) is 5.01. The first-order valence-electron chi connectivity index (χ1n) is 6.85. The monoisotopic (exact) mass is 281 g/mol. The fourth-order valence-electron chi connectivity index (χ4n) is 2.28. The highest BCUT2D eigenvalue weighted by Gasteiger charge is 2.24. The predicted octanol–water partition coefficient (Wildman–Crippen LogP) is 2.69. The van der Waals surface area contributed by atoms with Gasteiger partial charge in [-0.3, -0.25) is 9.89 Å². The third kappa shape index (κ3) is 3.53. The van der Waals surface area contributed by atoms with Crippen LogP contribution in [0.3, 0.4) is 0 Å². The normalized spacial score (nSPS) is 16.4. The lowest BCUT2D eigenvalue weighted by molar-refractivity contribution is -0.128. The van der Waals surface area contributed by atoms with Crippen LogP contribution in [0.15, 0.2) is 0 Å². The van der Waals surface area contributed by atoms with E-state index in [9.17, 15) is 4.79 Å². The molecule has 1 aromatic heterocycles. The van der Waals surface area contributed by atoms with E-state index in [2.05, 4.69) is 17.1 Å². The zero-order chi connectivity index (χ0) is 14.0. The maximum Gasteiger partial charge on any atom is 0.232 e. The number of nitrogens with zero attached hydrogens (tertiary/aromatic N) is 2. The van der Waals surface area contributed by atoms with Crippen LogP contribution in [0.1, 0.15) is 42.8 Å². The van der Waals surface area contributed by atoms with Gasteiger partial charge >= 0.3 is 0 Å². The van der Waals surface area contributed by atoms with Crippen LogP contribution in [0.5, 0.6) is 0 Å². The molecule has 0 spiro atoms. The first-order chi connectivity index (χ1) is 9.00. The fraction of sp³-hybridized carbons (Fsp3) is 0.714. The van der Waals surface area contributed by atoms with E-state index in [0.29, 0.717) is 5.75 Å². The van der Waals surface area contributed by atoms with Crippen molar-refractivity contribution in [1.29, 1.82) is 0 Å². The number of carbonyl (C=O) groups is 1. The molecule has 2 rings (SSSR count). The van der Waals surface area contributed by atoms with Crippen LogP contribution in [-0.4, -0.2) is 39.6 Å². The first kappa shape index (κ1) is 14.4. The lowest BCUT2D eigenvalue weighted by atomic mass is 10.1. The van der Waals surface area contributed by atoms with Crippen molar-refractivity contribution >= 4 is 17.7 Å². The zero-order valence-electron chi connectivity index (χ0n) is 12.2. The van der Waals surface area contributed by atoms with E-state index in [1.807, 2.05) is 25.8 Å². The van der Waals surface area contributed by atoms with Gasteiger partial charge in [0.15, 0.2) is 0 Å². The Morgan fingerprint density at radius 1 is 1.53 bits per heavy atom. The van der Waals surface area contributed by atoms with Crippen LogP contribution in [0.4, 0.5) is 0 Å². The van der Waals surface area contributed by atoms with Gasteiger partial charge in [-0.2, -0.15) is 16.9 Å². The molecule has 0 saturated heterocycles. The molecule has 19 heavy (non-hydrogen) atoms. The standard InChI is InChI=1S/C14H23N3OS/c1-9-14(10(2)16-15-9)11(3)17(4)13(18)8-19-7-12-5-6-12/h11-12H,5-8H2,1-4H3,(H,15,16)/t11-/m1/s1. The summed E-state index contributed by atoms with van der Waals surface area (Å²) in [4.78, 5) is 14.0. The van der Waals surface area contributed by atoms with E-state index in [1.165, 1.54) is 12.8 Å². The van der Waals surface area contributed by atoms with Crippen molar-refractivity contribution in [3.8, 4) is 0 Å². The summed E-state index contributed by atoms with van der Waals surface area (Å²) in [5, 5.41) is 7.19. The van der Waals surface area contributed by atoms with Crippen molar-refractivity contribution < 1.29 is 4.79 Å². The van der Waals surface area contributed by atoms with Crippen molar-refractivity contribution in [1.82, 2.24) is 15.1 Å². The number of thioether (sulfide) groups is 1. The van der Waals surface area contributed by atoms with Gasteiger partial charge in [0.1, 0.15) is 0 Å². The Balaban J connectivity index is 1.89. The average Bonchev–Trinajstić information content (AvgIpc) is 3.13. The zero-order valence-corrected chi connectivity index (χ0v) is 13.0. The molecule has 1 fully saturated rings. The van der Waals surface area contributed by atoms with Crippen LogP contribution in [-0.2, 0) is 4.79 Å². The molecule has 0 bridgehead atoms. The van der Waals surface area contributed by atoms with E-state index in [4.69, 9.17) is 0 Å². The number of H-pyrrole nitrogens is 1. The molecule has 0 aromatic carbocycles. The maximum absolute atomic E-state index is 12.2. The molecule has 0 radical (unpaired) electrons. The molecule has 1 aromatic rings.